The average Bonchev–Trinajstić information content (AvgIpc) is 2.85. The molecule has 0 amide bonds. The van der Waals surface area contributed by atoms with Crippen LogP contribution in [0, 0.1) is 0 Å². The van der Waals surface area contributed by atoms with E-state index in [9.17, 15) is 9.36 Å². The Morgan fingerprint density at radius 2 is 1.66 bits per heavy atom. The van der Waals surface area contributed by atoms with E-state index < -0.39 is 13.1 Å². The zero-order valence-electron chi connectivity index (χ0n) is 21.3. The molecule has 0 aliphatic rings. The molecular weight excluding hydrogens is 507 g/mol. The van der Waals surface area contributed by atoms with Crippen LogP contribution >= 0.6 is 31.6 Å². The van der Waals surface area contributed by atoms with Crippen LogP contribution < -0.4 is 0 Å². The maximum absolute atomic E-state index is 13.2. The van der Waals surface area contributed by atoms with Gasteiger partial charge in [0.05, 0.1) is 12.7 Å². The minimum Gasteiger partial charge on any atom is -0.378 e. The maximum atomic E-state index is 13.2. The van der Waals surface area contributed by atoms with E-state index in [1.165, 1.54) is 32.1 Å². The number of halogens is 1. The van der Waals surface area contributed by atoms with Crippen LogP contribution in [0.2, 0.25) is 5.02 Å². The molecule has 3 unspecified atom stereocenters. The molecule has 0 aromatic heterocycles. The van der Waals surface area contributed by atoms with Gasteiger partial charge in [0, 0.05) is 17.8 Å². The van der Waals surface area contributed by atoms with E-state index in [2.05, 4.69) is 31.4 Å². The number of carbonyl (C=O) groups excluding carboxylic acids is 1. The summed E-state index contributed by atoms with van der Waals surface area (Å²) in [6.07, 6.45) is 11.3. The Labute approximate surface area is 222 Å². The molecule has 0 fully saturated rings. The summed E-state index contributed by atoms with van der Waals surface area (Å²) in [6.45, 7) is 4.69. The van der Waals surface area contributed by atoms with Crippen molar-refractivity contribution in [3.63, 3.8) is 0 Å². The molecular formula is C26H44ClO6PS. The summed E-state index contributed by atoms with van der Waals surface area (Å²) in [5.74, 6) is 1.07. The number of carbonyl (C=O) groups is 1. The normalized spacial score (nSPS) is 14.9. The average molecular weight is 551 g/mol. The second-order valence-electron chi connectivity index (χ2n) is 9.08. The summed E-state index contributed by atoms with van der Waals surface area (Å²) in [5, 5.41) is 9.53. The van der Waals surface area contributed by atoms with E-state index in [0.29, 0.717) is 24.5 Å². The fourth-order valence-electron chi connectivity index (χ4n) is 4.05. The van der Waals surface area contributed by atoms with Gasteiger partial charge in [-0.2, -0.15) is 17.9 Å². The molecule has 0 bridgehead atoms. The van der Waals surface area contributed by atoms with Gasteiger partial charge >= 0.3 is 13.1 Å². The smallest absolute Gasteiger partial charge is 0.378 e. The van der Waals surface area contributed by atoms with Gasteiger partial charge in [-0.3, -0.25) is 9.45 Å². The number of hydrogen-bond donors (Lipinski definition) is 2. The lowest BCUT2D eigenvalue weighted by Gasteiger charge is -2.20. The Bertz CT molecular complexity index is 733. The lowest BCUT2D eigenvalue weighted by molar-refractivity contribution is -0.168. The number of rotatable bonds is 21. The monoisotopic (exact) mass is 550 g/mol. The van der Waals surface area contributed by atoms with Crippen molar-refractivity contribution in [2.75, 3.05) is 25.1 Å². The predicted octanol–water partition coefficient (Wildman–Crippen LogP) is 8.97. The van der Waals surface area contributed by atoms with Crippen LogP contribution in [0.25, 0.3) is 0 Å². The van der Waals surface area contributed by atoms with Crippen molar-refractivity contribution < 1.29 is 28.8 Å². The van der Waals surface area contributed by atoms with Crippen molar-refractivity contribution >= 4 is 37.3 Å². The van der Waals surface area contributed by atoms with Gasteiger partial charge in [0.25, 0.3) is 0 Å². The molecule has 0 aliphatic carbocycles. The van der Waals surface area contributed by atoms with E-state index >= 15 is 0 Å². The summed E-state index contributed by atoms with van der Waals surface area (Å²) in [5.41, 5.74) is -0.132. The number of unbranched alkanes of at least 4 members (excludes halogenated alkanes) is 5. The minimum atomic E-state index is -3.81. The Hall–Kier alpha value is -0.560. The van der Waals surface area contributed by atoms with Crippen LogP contribution in [0.5, 0.6) is 0 Å². The van der Waals surface area contributed by atoms with E-state index in [-0.39, 0.29) is 24.8 Å². The summed E-state index contributed by atoms with van der Waals surface area (Å²) in [4.78, 5) is 15.9. The lowest BCUT2D eigenvalue weighted by Crippen LogP contribution is -2.13. The van der Waals surface area contributed by atoms with E-state index in [1.807, 2.05) is 24.3 Å². The summed E-state index contributed by atoms with van der Waals surface area (Å²) in [6, 6.07) is 7.54. The first-order valence-corrected chi connectivity index (χ1v) is 15.8. The molecule has 35 heavy (non-hydrogen) atoms. The van der Waals surface area contributed by atoms with Crippen molar-refractivity contribution in [3.8, 4) is 0 Å². The van der Waals surface area contributed by atoms with Crippen molar-refractivity contribution in [1.29, 1.82) is 0 Å². The highest BCUT2D eigenvalue weighted by atomic mass is 35.5. The van der Waals surface area contributed by atoms with Gasteiger partial charge < -0.3 is 9.26 Å². The first kappa shape index (κ1) is 32.5. The maximum Gasteiger partial charge on any atom is 0.423 e. The molecule has 0 aliphatic heterocycles. The Morgan fingerprint density at radius 1 is 1.00 bits per heavy atom. The second-order valence-corrected chi connectivity index (χ2v) is 12.4. The highest BCUT2D eigenvalue weighted by Crippen LogP contribution is 2.51. The molecule has 6 nitrogen and oxygen atoms in total. The fraction of sp³-hybridized carbons (Fsp3) is 0.731. The molecule has 1 aromatic carbocycles. The van der Waals surface area contributed by atoms with Crippen molar-refractivity contribution in [2.45, 2.75) is 96.5 Å². The molecule has 0 heterocycles. The van der Waals surface area contributed by atoms with Crippen LogP contribution in [-0.4, -0.2) is 42.2 Å². The third kappa shape index (κ3) is 14.1. The molecule has 1 rings (SSSR count). The minimum absolute atomic E-state index is 0.00490. The molecule has 0 radical (unpaired) electrons. The van der Waals surface area contributed by atoms with E-state index in [1.54, 1.807) is 0 Å². The van der Waals surface area contributed by atoms with Gasteiger partial charge in [0.1, 0.15) is 0 Å². The van der Waals surface area contributed by atoms with Crippen LogP contribution in [0.15, 0.2) is 24.3 Å². The summed E-state index contributed by atoms with van der Waals surface area (Å²) >= 11 is 10.2. The highest BCUT2D eigenvalue weighted by molar-refractivity contribution is 7.80. The molecule has 3 atom stereocenters. The van der Waals surface area contributed by atoms with Crippen LogP contribution in [0.3, 0.4) is 0 Å². The number of benzene rings is 1. The van der Waals surface area contributed by atoms with Gasteiger partial charge in [0.15, 0.2) is 0 Å². The van der Waals surface area contributed by atoms with Crippen LogP contribution in [0.1, 0.15) is 96.0 Å². The Balaban J connectivity index is 2.40. The van der Waals surface area contributed by atoms with Crippen molar-refractivity contribution in [3.05, 3.63) is 34.9 Å². The van der Waals surface area contributed by atoms with Crippen LogP contribution in [-0.2, 0) is 18.7 Å². The van der Waals surface area contributed by atoms with Crippen molar-refractivity contribution in [1.82, 2.24) is 0 Å². The molecule has 202 valence electrons. The molecule has 0 spiro atoms. The quantitative estimate of drug-likeness (QED) is 0.0522. The summed E-state index contributed by atoms with van der Waals surface area (Å²) in [7, 11) is -3.81. The Morgan fingerprint density at radius 3 is 2.29 bits per heavy atom. The van der Waals surface area contributed by atoms with E-state index in [4.69, 9.17) is 26.1 Å². The SMILES string of the molecule is CCCC(CCP(=O)(OCCCOC(C)CCCCCCCCS)C(=O)OO)c1ccc(Cl)cc1. The van der Waals surface area contributed by atoms with Gasteiger partial charge in [-0.15, -0.1) is 0 Å². The number of ether oxygens (including phenoxy) is 1. The second kappa shape index (κ2) is 19.5. The highest BCUT2D eigenvalue weighted by Gasteiger charge is 2.36. The first-order chi connectivity index (χ1) is 16.9. The molecule has 1 N–H and O–H groups in total. The van der Waals surface area contributed by atoms with Crippen molar-refractivity contribution in [2.24, 2.45) is 0 Å². The van der Waals surface area contributed by atoms with Gasteiger partial charge in [-0.1, -0.05) is 69.2 Å². The van der Waals surface area contributed by atoms with E-state index in [0.717, 1.165) is 37.0 Å². The fourth-order valence-corrected chi connectivity index (χ4v) is 6.01. The summed E-state index contributed by atoms with van der Waals surface area (Å²) < 4.78 is 24.5. The number of thiol groups is 1. The zero-order valence-corrected chi connectivity index (χ0v) is 23.9. The standard InChI is InChI=1S/C26H44ClO6PS/c1-3-11-23(24-13-15-25(27)16-14-24)17-20-34(30,26(28)33-29)32-19-10-18-31-22(2)12-8-6-4-5-7-9-21-35/h13-16,22-23,29,35H,3-12,17-21H2,1-2H3. The molecule has 1 aromatic rings. The van der Waals surface area contributed by atoms with Gasteiger partial charge in [0.2, 0.25) is 0 Å². The van der Waals surface area contributed by atoms with Gasteiger partial charge in [-0.25, -0.2) is 4.79 Å². The topological polar surface area (TPSA) is 82.1 Å². The molecule has 9 heteroatoms. The van der Waals surface area contributed by atoms with Gasteiger partial charge in [-0.05, 0) is 68.4 Å². The molecule has 0 saturated carbocycles. The third-order valence-corrected chi connectivity index (χ3v) is 8.77. The van der Waals surface area contributed by atoms with Crippen LogP contribution in [0.4, 0.5) is 4.79 Å². The number of hydrogen-bond acceptors (Lipinski definition) is 7. The third-order valence-electron chi connectivity index (χ3n) is 6.12. The zero-order chi connectivity index (χ0) is 25.9. The predicted molar refractivity (Wildman–Crippen MR) is 147 cm³/mol. The lowest BCUT2D eigenvalue weighted by atomic mass is 9.92. The first-order valence-electron chi connectivity index (χ1n) is 12.9. The largest absolute Gasteiger partial charge is 0.423 e. The Kier molecular flexibility index (Phi) is 18.1. The molecule has 0 saturated heterocycles.